The van der Waals surface area contributed by atoms with Crippen LogP contribution in [0.4, 0.5) is 45.2 Å². The van der Waals surface area contributed by atoms with E-state index < -0.39 is 74.2 Å². The summed E-state index contributed by atoms with van der Waals surface area (Å²) in [6.45, 7) is 3.84. The summed E-state index contributed by atoms with van der Waals surface area (Å²) in [4.78, 5) is 3.66. The number of sulfone groups is 2. The smallest absolute Gasteiger partial charge is 0.477 e. The summed E-state index contributed by atoms with van der Waals surface area (Å²) in [7, 11) is -15.1. The van der Waals surface area contributed by atoms with Gasteiger partial charge in [-0.1, -0.05) is 6.08 Å². The molecular formula is C32H26F9NO7S5. The Kier molecular flexibility index (Phi) is 10.2. The normalized spacial score (nSPS) is 18.9. The molecule has 1 aromatic carbocycles. The maximum absolute atomic E-state index is 13.6. The SMILES string of the molecule is CC1(C)OC(=C(S(=O)(=O)C(F)(F)F)S(=O)(=O)C(F)(F)F)C(OS(=O)C(F)(F)F)=C1/C=C/c1cc2sc(/C=C/c3cc4c5c(c3)CCCN5CCC4)cc2s1. The standard InChI is InChI=1S/C32H26F9NO7S5/c1-29(2)22(26(49-52(43)30(33,34)35)27(48-29)28(53(44,45)31(36,37)38)54(46,47)32(39,40)41)10-9-21-16-24-23(51-21)15-20(50-24)8-7-17-13-18-5-3-11-42-12-4-6-19(14-17)25(18)42/h7-10,13-16H,3-6,11-12H2,1-2H3/b8-7+,10-9+. The maximum atomic E-state index is 13.6. The first-order valence-electron chi connectivity index (χ1n) is 15.6. The van der Waals surface area contributed by atoms with Crippen LogP contribution in [0.1, 0.15) is 53.1 Å². The molecule has 0 bridgehead atoms. The highest BCUT2D eigenvalue weighted by Gasteiger charge is 2.63. The van der Waals surface area contributed by atoms with Gasteiger partial charge in [-0.25, -0.2) is 21.0 Å². The van der Waals surface area contributed by atoms with Crippen molar-refractivity contribution in [1.29, 1.82) is 0 Å². The van der Waals surface area contributed by atoms with Gasteiger partial charge in [-0.2, -0.15) is 39.5 Å². The quantitative estimate of drug-likeness (QED) is 0.207. The van der Waals surface area contributed by atoms with E-state index in [0.717, 1.165) is 95.9 Å². The summed E-state index contributed by atoms with van der Waals surface area (Å²) in [6.07, 6.45) is 10.1. The monoisotopic (exact) mass is 867 g/mol. The van der Waals surface area contributed by atoms with Gasteiger partial charge in [-0.15, -0.1) is 22.7 Å². The third-order valence-corrected chi connectivity index (χ3v) is 15.3. The van der Waals surface area contributed by atoms with E-state index in [2.05, 4.69) is 21.2 Å². The fourth-order valence-electron chi connectivity index (χ4n) is 6.28. The summed E-state index contributed by atoms with van der Waals surface area (Å²) < 4.78 is 190. The van der Waals surface area contributed by atoms with Crippen LogP contribution in [-0.4, -0.2) is 56.3 Å². The minimum Gasteiger partial charge on any atom is -0.477 e. The molecule has 1 unspecified atom stereocenters. The van der Waals surface area contributed by atoms with Gasteiger partial charge in [0.15, 0.2) is 11.5 Å². The second kappa shape index (κ2) is 13.7. The molecule has 6 rings (SSSR count). The highest BCUT2D eigenvalue weighted by atomic mass is 32.3. The van der Waals surface area contributed by atoms with Crippen LogP contribution in [0.15, 0.2) is 51.7 Å². The van der Waals surface area contributed by atoms with Gasteiger partial charge >= 0.3 is 27.6 Å². The van der Waals surface area contributed by atoms with Crippen molar-refractivity contribution in [2.75, 3.05) is 18.0 Å². The molecule has 8 nitrogen and oxygen atoms in total. The number of benzene rings is 1. The first-order valence-corrected chi connectivity index (χ1v) is 21.3. The van der Waals surface area contributed by atoms with E-state index in [9.17, 15) is 60.6 Å². The van der Waals surface area contributed by atoms with E-state index in [1.165, 1.54) is 28.2 Å². The number of alkyl halides is 9. The van der Waals surface area contributed by atoms with Crippen molar-refractivity contribution in [1.82, 2.24) is 0 Å². The second-order valence-electron chi connectivity index (χ2n) is 12.7. The van der Waals surface area contributed by atoms with Crippen LogP contribution in [0, 0.1) is 0 Å². The van der Waals surface area contributed by atoms with E-state index in [0.29, 0.717) is 4.88 Å². The molecule has 1 atom stereocenters. The number of aryl methyl sites for hydroxylation is 2. The average Bonchev–Trinajstić information content (AvgIpc) is 3.66. The predicted molar refractivity (Wildman–Crippen MR) is 187 cm³/mol. The average molecular weight is 868 g/mol. The second-order valence-corrected chi connectivity index (χ2v) is 20.1. The van der Waals surface area contributed by atoms with E-state index >= 15 is 0 Å². The molecule has 3 aliphatic heterocycles. The lowest BCUT2D eigenvalue weighted by Crippen LogP contribution is -2.36. The Bertz CT molecular complexity index is 2290. The Labute approximate surface area is 312 Å². The zero-order valence-corrected chi connectivity index (χ0v) is 31.7. The molecule has 0 saturated carbocycles. The first-order chi connectivity index (χ1) is 24.8. The Hall–Kier alpha value is -3.34. The molecule has 0 fully saturated rings. The van der Waals surface area contributed by atoms with Gasteiger partial charge in [0.05, 0.1) is 0 Å². The van der Waals surface area contributed by atoms with Gasteiger partial charge in [-0.05, 0) is 98.7 Å². The number of hydrogen-bond acceptors (Lipinski definition) is 10. The van der Waals surface area contributed by atoms with E-state index in [4.69, 9.17) is 4.74 Å². The molecule has 2 aromatic heterocycles. The van der Waals surface area contributed by atoms with Crippen LogP contribution in [0.25, 0.3) is 27.6 Å². The number of anilines is 1. The van der Waals surface area contributed by atoms with Crippen LogP contribution in [0.2, 0.25) is 0 Å². The molecule has 0 aliphatic carbocycles. The topological polar surface area (TPSA) is 107 Å². The highest BCUT2D eigenvalue weighted by molar-refractivity contribution is 8.15. The van der Waals surface area contributed by atoms with Crippen molar-refractivity contribution >= 4 is 86.7 Å². The van der Waals surface area contributed by atoms with Crippen molar-refractivity contribution in [3.8, 4) is 0 Å². The Morgan fingerprint density at radius 2 is 1.28 bits per heavy atom. The van der Waals surface area contributed by atoms with Crippen LogP contribution in [0.5, 0.6) is 0 Å². The van der Waals surface area contributed by atoms with Gasteiger partial charge < -0.3 is 13.8 Å². The number of ether oxygens (including phenoxy) is 1. The minimum atomic E-state index is -7.53. The number of hydrogen-bond donors (Lipinski definition) is 0. The number of fused-ring (bicyclic) bond motifs is 1. The van der Waals surface area contributed by atoms with E-state index in [1.54, 1.807) is 6.07 Å². The highest BCUT2D eigenvalue weighted by Crippen LogP contribution is 2.49. The molecule has 0 N–H and O–H groups in total. The molecule has 0 spiro atoms. The maximum Gasteiger partial charge on any atom is 0.508 e. The van der Waals surface area contributed by atoms with Crippen molar-refractivity contribution in [2.45, 2.75) is 61.7 Å². The summed E-state index contributed by atoms with van der Waals surface area (Å²) in [5.41, 5.74) is -17.4. The molecule has 54 heavy (non-hydrogen) atoms. The lowest BCUT2D eigenvalue weighted by molar-refractivity contribution is -0.0466. The number of rotatable bonds is 8. The third kappa shape index (κ3) is 7.47. The minimum absolute atomic E-state index is 0.355. The molecule has 3 aliphatic rings. The van der Waals surface area contributed by atoms with Gasteiger partial charge in [0.25, 0.3) is 19.7 Å². The fourth-order valence-corrected chi connectivity index (χ4v) is 11.8. The van der Waals surface area contributed by atoms with Crippen molar-refractivity contribution in [2.24, 2.45) is 0 Å². The third-order valence-electron chi connectivity index (χ3n) is 8.54. The molecule has 5 heterocycles. The van der Waals surface area contributed by atoms with Crippen LogP contribution < -0.4 is 4.90 Å². The lowest BCUT2D eigenvalue weighted by atomic mass is 9.90. The van der Waals surface area contributed by atoms with Crippen LogP contribution in [-0.2, 0) is 52.5 Å². The van der Waals surface area contributed by atoms with Gasteiger partial charge in [0.1, 0.15) is 5.60 Å². The summed E-state index contributed by atoms with van der Waals surface area (Å²) >= 11 is -2.04. The summed E-state index contributed by atoms with van der Waals surface area (Å²) in [6, 6.07) is 7.83. The molecule has 22 heteroatoms. The number of halogens is 9. The van der Waals surface area contributed by atoms with Crippen LogP contribution in [0.3, 0.4) is 0 Å². The van der Waals surface area contributed by atoms with Gasteiger partial charge in [-0.3, -0.25) is 0 Å². The van der Waals surface area contributed by atoms with Crippen molar-refractivity contribution < 1.29 is 69.5 Å². The predicted octanol–water partition coefficient (Wildman–Crippen LogP) is 9.15. The van der Waals surface area contributed by atoms with E-state index in [-0.39, 0.29) is 0 Å². The Morgan fingerprint density at radius 3 is 1.74 bits per heavy atom. The summed E-state index contributed by atoms with van der Waals surface area (Å²) in [5.74, 6) is -4.26. The zero-order valence-electron chi connectivity index (χ0n) is 27.6. The lowest BCUT2D eigenvalue weighted by Gasteiger charge is -2.37. The molecule has 0 amide bonds. The molecular weight excluding hydrogens is 842 g/mol. The number of nitrogens with zero attached hydrogens (tertiary/aromatic N) is 1. The first kappa shape index (κ1) is 40.3. The molecule has 0 radical (unpaired) electrons. The van der Waals surface area contributed by atoms with Crippen molar-refractivity contribution in [3.63, 3.8) is 0 Å². The molecule has 0 saturated heterocycles. The Balaban J connectivity index is 1.39. The fraction of sp³-hybridized carbons (Fsp3) is 0.375. The van der Waals surface area contributed by atoms with Crippen molar-refractivity contribution in [3.05, 3.63) is 78.1 Å². The van der Waals surface area contributed by atoms with Gasteiger partial charge in [0.2, 0.25) is 4.24 Å². The zero-order chi connectivity index (χ0) is 39.8. The summed E-state index contributed by atoms with van der Waals surface area (Å²) in [5, 5.41) is 0. The van der Waals surface area contributed by atoms with E-state index in [1.807, 2.05) is 18.2 Å². The van der Waals surface area contributed by atoms with Crippen LogP contribution >= 0.6 is 22.7 Å². The largest absolute Gasteiger partial charge is 0.508 e. The number of thiophene rings is 2. The Morgan fingerprint density at radius 1 is 0.796 bits per heavy atom. The molecule has 294 valence electrons. The van der Waals surface area contributed by atoms with Gasteiger partial charge in [0, 0.05) is 43.5 Å². The molecule has 3 aromatic rings.